The van der Waals surface area contributed by atoms with E-state index in [0.717, 1.165) is 0 Å². The number of rotatable bonds is 2. The Morgan fingerprint density at radius 3 is 2.59 bits per heavy atom. The van der Waals surface area contributed by atoms with E-state index in [9.17, 15) is 14.0 Å². The van der Waals surface area contributed by atoms with Gasteiger partial charge in [-0.3, -0.25) is 14.9 Å². The predicted molar refractivity (Wildman–Crippen MR) is 56.5 cm³/mol. The maximum atomic E-state index is 12.7. The van der Waals surface area contributed by atoms with Gasteiger partial charge < -0.3 is 10.4 Å². The number of hydrogen-bond acceptors (Lipinski definition) is 3. The molecule has 6 heteroatoms. The number of carbonyl (C=O) groups excluding carboxylic acids is 1. The normalized spacial score (nSPS) is 24.2. The van der Waals surface area contributed by atoms with Gasteiger partial charge in [0.15, 0.2) is 0 Å². The lowest BCUT2D eigenvalue weighted by atomic mass is 10.1. The van der Waals surface area contributed by atoms with E-state index in [1.165, 1.54) is 24.3 Å². The molecule has 5 nitrogen and oxygen atoms in total. The van der Waals surface area contributed by atoms with Crippen LogP contribution < -0.4 is 10.6 Å². The highest BCUT2D eigenvalue weighted by molar-refractivity contribution is 5.85. The molecule has 2 atom stereocenters. The monoisotopic (exact) mass is 238 g/mol. The molecule has 1 aliphatic heterocycles. The summed E-state index contributed by atoms with van der Waals surface area (Å²) in [5, 5.41) is 14.2. The lowest BCUT2D eigenvalue weighted by Gasteiger charge is -2.29. The number of hydrogen-bond donors (Lipinski definition) is 3. The molecule has 1 aromatic carbocycles. The molecule has 0 aliphatic carbocycles. The number of carbonyl (C=O) groups is 2. The molecule has 0 bridgehead atoms. The highest BCUT2D eigenvalue weighted by atomic mass is 19.1. The van der Waals surface area contributed by atoms with E-state index < -0.39 is 18.2 Å². The fourth-order valence-corrected chi connectivity index (χ4v) is 1.70. The largest absolute Gasteiger partial charge is 0.480 e. The van der Waals surface area contributed by atoms with Crippen molar-refractivity contribution in [2.24, 2.45) is 0 Å². The third kappa shape index (κ3) is 2.59. The van der Waals surface area contributed by atoms with Crippen LogP contribution in [0.1, 0.15) is 18.2 Å². The molecular formula is C11H11FN2O3. The van der Waals surface area contributed by atoms with Crippen molar-refractivity contribution in [3.05, 3.63) is 35.6 Å². The minimum atomic E-state index is -1.08. The van der Waals surface area contributed by atoms with Crippen LogP contribution in [0, 0.1) is 5.82 Å². The summed E-state index contributed by atoms with van der Waals surface area (Å²) in [4.78, 5) is 22.2. The molecule has 1 fully saturated rings. The van der Waals surface area contributed by atoms with Crippen LogP contribution in [0.25, 0.3) is 0 Å². The third-order valence-corrected chi connectivity index (χ3v) is 2.56. The topological polar surface area (TPSA) is 78.4 Å². The average molecular weight is 238 g/mol. The van der Waals surface area contributed by atoms with E-state index in [1.54, 1.807) is 0 Å². The fourth-order valence-electron chi connectivity index (χ4n) is 1.70. The van der Waals surface area contributed by atoms with Gasteiger partial charge in [0.1, 0.15) is 18.0 Å². The third-order valence-electron chi connectivity index (χ3n) is 2.56. The van der Waals surface area contributed by atoms with Crippen LogP contribution >= 0.6 is 0 Å². The van der Waals surface area contributed by atoms with Crippen LogP contribution in [-0.4, -0.2) is 23.0 Å². The van der Waals surface area contributed by atoms with E-state index in [4.69, 9.17) is 5.11 Å². The van der Waals surface area contributed by atoms with E-state index in [1.807, 2.05) is 0 Å². The van der Waals surface area contributed by atoms with Crippen molar-refractivity contribution in [2.45, 2.75) is 18.6 Å². The zero-order chi connectivity index (χ0) is 12.4. The first-order valence-corrected chi connectivity index (χ1v) is 5.10. The Kier molecular flexibility index (Phi) is 3.06. The molecule has 0 aromatic heterocycles. The number of halogens is 1. The Morgan fingerprint density at radius 2 is 2.00 bits per heavy atom. The Hall–Kier alpha value is -1.95. The molecule has 0 saturated carbocycles. The fraction of sp³-hybridized carbons (Fsp3) is 0.273. The predicted octanol–water partition coefficient (Wildman–Crippen LogP) is 0.387. The molecule has 17 heavy (non-hydrogen) atoms. The molecule has 2 rings (SSSR count). The smallest absolute Gasteiger partial charge is 0.321 e. The van der Waals surface area contributed by atoms with Crippen LogP contribution in [-0.2, 0) is 9.59 Å². The first-order chi connectivity index (χ1) is 8.06. The molecule has 1 heterocycles. The zero-order valence-corrected chi connectivity index (χ0v) is 8.81. The molecular weight excluding hydrogens is 227 g/mol. The van der Waals surface area contributed by atoms with E-state index in [0.29, 0.717) is 5.56 Å². The summed E-state index contributed by atoms with van der Waals surface area (Å²) in [6, 6.07) is 4.59. The van der Waals surface area contributed by atoms with Crippen molar-refractivity contribution >= 4 is 11.9 Å². The number of carboxylic acid groups (broad SMARTS) is 1. The van der Waals surface area contributed by atoms with Crippen molar-refractivity contribution in [1.82, 2.24) is 10.6 Å². The van der Waals surface area contributed by atoms with Gasteiger partial charge in [-0.05, 0) is 17.7 Å². The Labute approximate surface area is 96.6 Å². The molecule has 1 saturated heterocycles. The molecule has 2 unspecified atom stereocenters. The van der Waals surface area contributed by atoms with Crippen LogP contribution in [0.4, 0.5) is 4.39 Å². The van der Waals surface area contributed by atoms with Gasteiger partial charge in [-0.25, -0.2) is 4.39 Å². The van der Waals surface area contributed by atoms with Gasteiger partial charge in [0.05, 0.1) is 6.42 Å². The lowest BCUT2D eigenvalue weighted by molar-refractivity contribution is -0.143. The zero-order valence-electron chi connectivity index (χ0n) is 8.81. The standard InChI is InChI=1S/C11H11FN2O3/c12-7-3-1-6(2-4-7)10-13-8(11(16)17)5-9(15)14-10/h1-4,8,10,13H,5H2,(H,14,15)(H,16,17). The van der Waals surface area contributed by atoms with Gasteiger partial charge in [-0.15, -0.1) is 0 Å². The Balaban J connectivity index is 2.18. The van der Waals surface area contributed by atoms with Gasteiger partial charge >= 0.3 is 5.97 Å². The number of aliphatic carboxylic acids is 1. The van der Waals surface area contributed by atoms with Gasteiger partial charge in [0.25, 0.3) is 0 Å². The summed E-state index contributed by atoms with van der Waals surface area (Å²) < 4.78 is 12.7. The van der Waals surface area contributed by atoms with Gasteiger partial charge in [-0.1, -0.05) is 12.1 Å². The van der Waals surface area contributed by atoms with Gasteiger partial charge in [0, 0.05) is 0 Å². The Morgan fingerprint density at radius 1 is 1.35 bits per heavy atom. The van der Waals surface area contributed by atoms with Crippen LogP contribution in [0.3, 0.4) is 0 Å². The molecule has 1 aliphatic rings. The number of benzene rings is 1. The van der Waals surface area contributed by atoms with Crippen molar-refractivity contribution in [3.8, 4) is 0 Å². The summed E-state index contributed by atoms with van der Waals surface area (Å²) in [6.07, 6.45) is -0.703. The summed E-state index contributed by atoms with van der Waals surface area (Å²) in [6.45, 7) is 0. The number of nitrogens with one attached hydrogen (secondary N) is 2. The van der Waals surface area contributed by atoms with E-state index in [2.05, 4.69) is 10.6 Å². The van der Waals surface area contributed by atoms with Crippen molar-refractivity contribution in [2.75, 3.05) is 0 Å². The minimum Gasteiger partial charge on any atom is -0.480 e. The second-order valence-electron chi connectivity index (χ2n) is 3.81. The highest BCUT2D eigenvalue weighted by Gasteiger charge is 2.30. The molecule has 0 radical (unpaired) electrons. The van der Waals surface area contributed by atoms with Crippen molar-refractivity contribution < 1.29 is 19.1 Å². The van der Waals surface area contributed by atoms with Crippen LogP contribution in [0.5, 0.6) is 0 Å². The van der Waals surface area contributed by atoms with Crippen molar-refractivity contribution in [3.63, 3.8) is 0 Å². The van der Waals surface area contributed by atoms with E-state index >= 15 is 0 Å². The summed E-state index contributed by atoms with van der Waals surface area (Å²) in [5.74, 6) is -1.80. The van der Waals surface area contributed by atoms with E-state index in [-0.39, 0.29) is 18.1 Å². The van der Waals surface area contributed by atoms with Gasteiger partial charge in [0.2, 0.25) is 5.91 Å². The quantitative estimate of drug-likeness (QED) is 0.696. The molecule has 3 N–H and O–H groups in total. The summed E-state index contributed by atoms with van der Waals surface area (Å²) in [7, 11) is 0. The van der Waals surface area contributed by atoms with Crippen LogP contribution in [0.2, 0.25) is 0 Å². The van der Waals surface area contributed by atoms with Crippen LogP contribution in [0.15, 0.2) is 24.3 Å². The minimum absolute atomic E-state index is 0.104. The molecule has 1 aromatic rings. The second kappa shape index (κ2) is 4.50. The number of carboxylic acids is 1. The molecule has 90 valence electrons. The maximum absolute atomic E-state index is 12.7. The second-order valence-corrected chi connectivity index (χ2v) is 3.81. The summed E-state index contributed by atoms with van der Waals surface area (Å²) in [5.41, 5.74) is 0.616. The Bertz CT molecular complexity index is 447. The molecule has 0 spiro atoms. The van der Waals surface area contributed by atoms with Crippen molar-refractivity contribution in [1.29, 1.82) is 0 Å². The molecule has 1 amide bonds. The first-order valence-electron chi connectivity index (χ1n) is 5.10. The number of amides is 1. The summed E-state index contributed by atoms with van der Waals surface area (Å²) >= 11 is 0. The highest BCUT2D eigenvalue weighted by Crippen LogP contribution is 2.16. The van der Waals surface area contributed by atoms with Gasteiger partial charge in [-0.2, -0.15) is 0 Å². The SMILES string of the molecule is O=C1CC(C(=O)O)NC(c2ccc(F)cc2)N1. The first kappa shape index (κ1) is 11.5. The maximum Gasteiger partial charge on any atom is 0.321 e. The lowest BCUT2D eigenvalue weighted by Crippen LogP contribution is -2.53. The average Bonchev–Trinajstić information content (AvgIpc) is 2.29.